The van der Waals surface area contributed by atoms with Gasteiger partial charge in [-0.05, 0) is 39.9 Å². The lowest BCUT2D eigenvalue weighted by atomic mass is 9.91. The van der Waals surface area contributed by atoms with Crippen molar-refractivity contribution in [1.29, 1.82) is 5.26 Å². The second-order valence-electron chi connectivity index (χ2n) is 4.52. The van der Waals surface area contributed by atoms with E-state index in [1.165, 1.54) is 0 Å². The number of hydrogen-bond acceptors (Lipinski definition) is 3. The third kappa shape index (κ3) is 7.35. The van der Waals surface area contributed by atoms with Gasteiger partial charge in [-0.2, -0.15) is 5.26 Å². The summed E-state index contributed by atoms with van der Waals surface area (Å²) in [5.41, 5.74) is -0.192. The summed E-state index contributed by atoms with van der Waals surface area (Å²) in [5, 5.41) is 12.2. The second-order valence-corrected chi connectivity index (χ2v) is 4.52. The van der Waals surface area contributed by atoms with Crippen LogP contribution in [-0.4, -0.2) is 37.6 Å². The highest BCUT2D eigenvalue weighted by Gasteiger charge is 2.15. The van der Waals surface area contributed by atoms with Gasteiger partial charge in [0.25, 0.3) is 0 Å². The van der Waals surface area contributed by atoms with Gasteiger partial charge in [-0.3, -0.25) is 0 Å². The average molecular weight is 211 g/mol. The van der Waals surface area contributed by atoms with Gasteiger partial charge in [0.15, 0.2) is 0 Å². The molecule has 3 nitrogen and oxygen atoms in total. The van der Waals surface area contributed by atoms with E-state index in [9.17, 15) is 0 Å². The Kier molecular flexibility index (Phi) is 7.37. The van der Waals surface area contributed by atoms with Crippen molar-refractivity contribution >= 4 is 0 Å². The fraction of sp³-hybridized carbons (Fsp3) is 0.917. The maximum absolute atomic E-state index is 8.83. The number of rotatable bonds is 8. The maximum Gasteiger partial charge on any atom is 0.0684 e. The summed E-state index contributed by atoms with van der Waals surface area (Å²) in [4.78, 5) is 2.39. The minimum Gasteiger partial charge on any atom is -0.315 e. The minimum absolute atomic E-state index is 0.192. The SMILES string of the molecule is CCN(CC)CCNCCC(C)(C)C#N. The molecule has 1 N–H and O–H groups in total. The molecule has 0 amide bonds. The van der Waals surface area contributed by atoms with E-state index >= 15 is 0 Å². The molecule has 0 aliphatic rings. The third-order valence-electron chi connectivity index (χ3n) is 2.73. The van der Waals surface area contributed by atoms with Crippen molar-refractivity contribution in [2.75, 3.05) is 32.7 Å². The predicted molar refractivity (Wildman–Crippen MR) is 64.7 cm³/mol. The summed E-state index contributed by atoms with van der Waals surface area (Å²) in [6.45, 7) is 13.6. The van der Waals surface area contributed by atoms with Crippen LogP contribution >= 0.6 is 0 Å². The van der Waals surface area contributed by atoms with Gasteiger partial charge in [0, 0.05) is 13.1 Å². The molecule has 0 aromatic carbocycles. The quantitative estimate of drug-likeness (QED) is 0.623. The van der Waals surface area contributed by atoms with Gasteiger partial charge in [0.05, 0.1) is 11.5 Å². The molecule has 88 valence electrons. The Hall–Kier alpha value is -0.590. The Morgan fingerprint density at radius 3 is 2.27 bits per heavy atom. The van der Waals surface area contributed by atoms with Crippen LogP contribution in [0, 0.1) is 16.7 Å². The average Bonchev–Trinajstić information content (AvgIpc) is 2.23. The Bertz CT molecular complexity index is 190. The molecule has 0 aromatic heterocycles. The van der Waals surface area contributed by atoms with Crippen molar-refractivity contribution < 1.29 is 0 Å². The molecule has 0 rings (SSSR count). The molecule has 0 bridgehead atoms. The first kappa shape index (κ1) is 14.4. The zero-order chi connectivity index (χ0) is 11.7. The van der Waals surface area contributed by atoms with Crippen LogP contribution in [-0.2, 0) is 0 Å². The van der Waals surface area contributed by atoms with Gasteiger partial charge in [0.2, 0.25) is 0 Å². The molecular weight excluding hydrogens is 186 g/mol. The number of nitrogens with zero attached hydrogens (tertiary/aromatic N) is 2. The number of nitriles is 1. The van der Waals surface area contributed by atoms with Gasteiger partial charge in [-0.1, -0.05) is 13.8 Å². The van der Waals surface area contributed by atoms with Crippen LogP contribution in [0.5, 0.6) is 0 Å². The van der Waals surface area contributed by atoms with Gasteiger partial charge >= 0.3 is 0 Å². The Balaban J connectivity index is 3.44. The molecule has 0 saturated heterocycles. The monoisotopic (exact) mass is 211 g/mol. The molecule has 3 heteroatoms. The van der Waals surface area contributed by atoms with E-state index in [-0.39, 0.29) is 5.41 Å². The number of nitrogens with one attached hydrogen (secondary N) is 1. The standard InChI is InChI=1S/C12H25N3/c1-5-15(6-2)10-9-14-8-7-12(3,4)11-13/h14H,5-10H2,1-4H3. The second kappa shape index (κ2) is 7.67. The van der Waals surface area contributed by atoms with Gasteiger partial charge in [0.1, 0.15) is 0 Å². The molecule has 0 saturated carbocycles. The van der Waals surface area contributed by atoms with Crippen LogP contribution in [0.25, 0.3) is 0 Å². The lowest BCUT2D eigenvalue weighted by molar-refractivity contribution is 0.299. The van der Waals surface area contributed by atoms with Crippen molar-refractivity contribution in [2.45, 2.75) is 34.1 Å². The summed E-state index contributed by atoms with van der Waals surface area (Å²) >= 11 is 0. The molecule has 0 spiro atoms. The van der Waals surface area contributed by atoms with Crippen LogP contribution in [0.4, 0.5) is 0 Å². The molecule has 0 aliphatic heterocycles. The smallest absolute Gasteiger partial charge is 0.0684 e. The molecule has 0 heterocycles. The molecule has 0 radical (unpaired) electrons. The summed E-state index contributed by atoms with van der Waals surface area (Å²) < 4.78 is 0. The number of likely N-dealkylation sites (N-methyl/N-ethyl adjacent to an activating group) is 1. The van der Waals surface area contributed by atoms with E-state index in [1.54, 1.807) is 0 Å². The molecule has 0 aliphatic carbocycles. The highest BCUT2D eigenvalue weighted by atomic mass is 15.1. The first-order chi connectivity index (χ1) is 7.05. The fourth-order valence-electron chi connectivity index (χ4n) is 1.36. The van der Waals surface area contributed by atoms with Crippen LogP contribution < -0.4 is 5.32 Å². The van der Waals surface area contributed by atoms with Crippen LogP contribution in [0.15, 0.2) is 0 Å². The lowest BCUT2D eigenvalue weighted by Crippen LogP contribution is -2.33. The number of hydrogen-bond donors (Lipinski definition) is 1. The molecule has 0 aromatic rings. The van der Waals surface area contributed by atoms with E-state index in [1.807, 2.05) is 13.8 Å². The van der Waals surface area contributed by atoms with E-state index in [0.717, 1.165) is 39.1 Å². The van der Waals surface area contributed by atoms with E-state index < -0.39 is 0 Å². The normalized spacial score (nSPS) is 11.7. The van der Waals surface area contributed by atoms with Gasteiger partial charge in [-0.15, -0.1) is 0 Å². The fourth-order valence-corrected chi connectivity index (χ4v) is 1.36. The topological polar surface area (TPSA) is 39.1 Å². The van der Waals surface area contributed by atoms with Crippen molar-refractivity contribution in [3.8, 4) is 6.07 Å². The van der Waals surface area contributed by atoms with Crippen molar-refractivity contribution in [3.63, 3.8) is 0 Å². The molecule has 15 heavy (non-hydrogen) atoms. The molecular formula is C12H25N3. The highest BCUT2D eigenvalue weighted by Crippen LogP contribution is 2.16. The predicted octanol–water partition coefficient (Wildman–Crippen LogP) is 1.86. The summed E-state index contributed by atoms with van der Waals surface area (Å²) in [6, 6.07) is 2.31. The zero-order valence-electron chi connectivity index (χ0n) is 10.6. The maximum atomic E-state index is 8.83. The van der Waals surface area contributed by atoms with Crippen molar-refractivity contribution in [3.05, 3.63) is 0 Å². The van der Waals surface area contributed by atoms with Crippen LogP contribution in [0.2, 0.25) is 0 Å². The van der Waals surface area contributed by atoms with E-state index in [2.05, 4.69) is 30.1 Å². The third-order valence-corrected chi connectivity index (χ3v) is 2.73. The molecule has 0 atom stereocenters. The van der Waals surface area contributed by atoms with E-state index in [0.29, 0.717) is 0 Å². The summed E-state index contributed by atoms with van der Waals surface area (Å²) in [7, 11) is 0. The highest BCUT2D eigenvalue weighted by molar-refractivity contribution is 4.91. The van der Waals surface area contributed by atoms with Gasteiger partial charge < -0.3 is 10.2 Å². The Labute approximate surface area is 94.5 Å². The first-order valence-corrected chi connectivity index (χ1v) is 5.90. The van der Waals surface area contributed by atoms with Crippen LogP contribution in [0.3, 0.4) is 0 Å². The van der Waals surface area contributed by atoms with Crippen molar-refractivity contribution in [1.82, 2.24) is 10.2 Å². The van der Waals surface area contributed by atoms with Crippen molar-refractivity contribution in [2.24, 2.45) is 5.41 Å². The summed E-state index contributed by atoms with van der Waals surface area (Å²) in [5.74, 6) is 0. The van der Waals surface area contributed by atoms with Gasteiger partial charge in [-0.25, -0.2) is 0 Å². The van der Waals surface area contributed by atoms with E-state index in [4.69, 9.17) is 5.26 Å². The largest absolute Gasteiger partial charge is 0.315 e. The molecule has 0 unspecified atom stereocenters. The lowest BCUT2D eigenvalue weighted by Gasteiger charge is -2.19. The Morgan fingerprint density at radius 2 is 1.80 bits per heavy atom. The minimum atomic E-state index is -0.192. The summed E-state index contributed by atoms with van der Waals surface area (Å²) in [6.07, 6.45) is 0.918. The van der Waals surface area contributed by atoms with Crippen LogP contribution in [0.1, 0.15) is 34.1 Å². The molecule has 0 fully saturated rings. The zero-order valence-corrected chi connectivity index (χ0v) is 10.6. The first-order valence-electron chi connectivity index (χ1n) is 5.90. The Morgan fingerprint density at radius 1 is 1.20 bits per heavy atom.